The van der Waals surface area contributed by atoms with Crippen molar-refractivity contribution in [2.24, 2.45) is 0 Å². The van der Waals surface area contributed by atoms with Crippen LogP contribution in [0.5, 0.6) is 0 Å². The van der Waals surface area contributed by atoms with Gasteiger partial charge in [-0.15, -0.1) is 10.2 Å². The molecule has 1 heterocycles. The predicted molar refractivity (Wildman–Crippen MR) is 135 cm³/mol. The summed E-state index contributed by atoms with van der Waals surface area (Å²) in [6.45, 7) is 3.78. The van der Waals surface area contributed by atoms with Gasteiger partial charge in [-0.3, -0.25) is 14.2 Å². The number of benzene rings is 3. The van der Waals surface area contributed by atoms with Gasteiger partial charge in [-0.2, -0.15) is 0 Å². The molecule has 0 atom stereocenters. The minimum Gasteiger partial charge on any atom is -0.356 e. The maximum absolute atomic E-state index is 14.5. The molecule has 0 spiro atoms. The van der Waals surface area contributed by atoms with Crippen molar-refractivity contribution < 1.29 is 14.0 Å². The van der Waals surface area contributed by atoms with Crippen LogP contribution in [-0.2, 0) is 11.2 Å². The molecule has 0 radical (unpaired) electrons. The summed E-state index contributed by atoms with van der Waals surface area (Å²) in [6, 6.07) is 22.2. The minimum absolute atomic E-state index is 0.0868. The van der Waals surface area contributed by atoms with E-state index in [2.05, 4.69) is 15.5 Å². The number of carbonyl (C=O) groups excluding carboxylic acids is 2. The summed E-state index contributed by atoms with van der Waals surface area (Å²) < 4.78 is 16.4. The van der Waals surface area contributed by atoms with Crippen molar-refractivity contribution in [1.82, 2.24) is 20.1 Å². The number of thioether (sulfide) groups is 1. The summed E-state index contributed by atoms with van der Waals surface area (Å²) >= 11 is 1.26. The van der Waals surface area contributed by atoms with E-state index in [4.69, 9.17) is 0 Å². The Balaban J connectivity index is 1.53. The van der Waals surface area contributed by atoms with Crippen LogP contribution >= 0.6 is 11.8 Å². The van der Waals surface area contributed by atoms with Crippen LogP contribution in [0.3, 0.4) is 0 Å². The van der Waals surface area contributed by atoms with Crippen LogP contribution in [0.2, 0.25) is 0 Å². The van der Waals surface area contributed by atoms with E-state index in [9.17, 15) is 14.0 Å². The van der Waals surface area contributed by atoms with E-state index in [1.54, 1.807) is 12.1 Å². The molecule has 0 fully saturated rings. The van der Waals surface area contributed by atoms with Gasteiger partial charge in [-0.1, -0.05) is 71.9 Å². The number of nitrogens with one attached hydrogen (secondary N) is 1. The molecule has 0 aliphatic heterocycles. The quantitative estimate of drug-likeness (QED) is 0.264. The van der Waals surface area contributed by atoms with Gasteiger partial charge >= 0.3 is 0 Å². The maximum Gasteiger partial charge on any atom is 0.216 e. The molecule has 0 saturated heterocycles. The molecule has 0 aliphatic rings. The van der Waals surface area contributed by atoms with Crippen LogP contribution in [0.1, 0.15) is 28.4 Å². The minimum atomic E-state index is -0.458. The fourth-order valence-electron chi connectivity index (χ4n) is 3.57. The molecule has 3 aromatic carbocycles. The first-order valence-electron chi connectivity index (χ1n) is 11.2. The first kappa shape index (κ1) is 24.3. The molecule has 0 unspecified atom stereocenters. The molecule has 4 aromatic rings. The van der Waals surface area contributed by atoms with Crippen molar-refractivity contribution in [3.63, 3.8) is 0 Å². The summed E-state index contributed by atoms with van der Waals surface area (Å²) in [5.74, 6) is -0.0618. The third-order valence-corrected chi connectivity index (χ3v) is 6.36. The highest BCUT2D eigenvalue weighted by atomic mass is 32.2. The number of ketones is 1. The number of rotatable bonds is 9. The number of hydrogen-bond acceptors (Lipinski definition) is 5. The van der Waals surface area contributed by atoms with E-state index in [1.165, 1.54) is 24.8 Å². The first-order valence-corrected chi connectivity index (χ1v) is 12.2. The number of halogens is 1. The zero-order valence-electron chi connectivity index (χ0n) is 19.5. The number of hydrogen-bond donors (Lipinski definition) is 1. The second kappa shape index (κ2) is 11.1. The molecule has 35 heavy (non-hydrogen) atoms. The number of nitrogens with zero attached hydrogens (tertiary/aromatic N) is 3. The topological polar surface area (TPSA) is 76.9 Å². The molecule has 1 aromatic heterocycles. The Morgan fingerprint density at radius 3 is 2.43 bits per heavy atom. The van der Waals surface area contributed by atoms with Gasteiger partial charge in [0.05, 0.1) is 5.75 Å². The number of aryl methyl sites for hydroxylation is 1. The molecule has 0 bridgehead atoms. The van der Waals surface area contributed by atoms with Crippen molar-refractivity contribution in [1.29, 1.82) is 0 Å². The van der Waals surface area contributed by atoms with Gasteiger partial charge in [0.15, 0.2) is 16.8 Å². The SMILES string of the molecule is CC(=O)NCCc1ccc(C(=O)CSc2nnc(-c3ccccc3)n2-c2ccc(C)cc2)cc1F. The van der Waals surface area contributed by atoms with Crippen molar-refractivity contribution >= 4 is 23.5 Å². The van der Waals surface area contributed by atoms with Gasteiger partial charge in [-0.05, 0) is 37.1 Å². The number of amides is 1. The van der Waals surface area contributed by atoms with Crippen molar-refractivity contribution in [2.45, 2.75) is 25.4 Å². The lowest BCUT2D eigenvalue weighted by Gasteiger charge is -2.11. The van der Waals surface area contributed by atoms with Crippen LogP contribution < -0.4 is 5.32 Å². The Morgan fingerprint density at radius 1 is 1.00 bits per heavy atom. The summed E-state index contributed by atoms with van der Waals surface area (Å²) in [7, 11) is 0. The highest BCUT2D eigenvalue weighted by molar-refractivity contribution is 7.99. The Kier molecular flexibility index (Phi) is 7.72. The summed E-state index contributed by atoms with van der Waals surface area (Å²) in [5, 5.41) is 12.0. The second-order valence-electron chi connectivity index (χ2n) is 8.09. The zero-order chi connectivity index (χ0) is 24.8. The number of Topliss-reactive ketones (excluding diaryl/α,β-unsaturated/α-hetero) is 1. The normalized spacial score (nSPS) is 10.8. The maximum atomic E-state index is 14.5. The molecule has 6 nitrogen and oxygen atoms in total. The molecule has 1 N–H and O–H groups in total. The monoisotopic (exact) mass is 488 g/mol. The summed E-state index contributed by atoms with van der Waals surface area (Å²) in [4.78, 5) is 23.9. The van der Waals surface area contributed by atoms with Gasteiger partial charge in [0.2, 0.25) is 5.91 Å². The van der Waals surface area contributed by atoms with E-state index in [1.807, 2.05) is 66.1 Å². The lowest BCUT2D eigenvalue weighted by molar-refractivity contribution is -0.118. The van der Waals surface area contributed by atoms with Crippen molar-refractivity contribution in [3.05, 3.63) is 95.3 Å². The fraction of sp³-hybridized carbons (Fsp3) is 0.185. The second-order valence-corrected chi connectivity index (χ2v) is 9.04. The van der Waals surface area contributed by atoms with Crippen LogP contribution in [-0.4, -0.2) is 38.8 Å². The fourth-order valence-corrected chi connectivity index (χ4v) is 4.42. The Morgan fingerprint density at radius 2 is 1.74 bits per heavy atom. The molecule has 0 saturated carbocycles. The number of carbonyl (C=O) groups is 2. The van der Waals surface area contributed by atoms with Crippen LogP contribution in [0.4, 0.5) is 4.39 Å². The van der Waals surface area contributed by atoms with Gasteiger partial charge in [0, 0.05) is 30.3 Å². The summed E-state index contributed by atoms with van der Waals surface area (Å²) in [5.41, 5.74) is 3.69. The van der Waals surface area contributed by atoms with Gasteiger partial charge in [0.25, 0.3) is 0 Å². The Bertz CT molecular complexity index is 1340. The lowest BCUT2D eigenvalue weighted by Crippen LogP contribution is -2.22. The van der Waals surface area contributed by atoms with Crippen LogP contribution in [0, 0.1) is 12.7 Å². The lowest BCUT2D eigenvalue weighted by atomic mass is 10.1. The van der Waals surface area contributed by atoms with Crippen molar-refractivity contribution in [2.75, 3.05) is 12.3 Å². The summed E-state index contributed by atoms with van der Waals surface area (Å²) in [6.07, 6.45) is 0.358. The van der Waals surface area contributed by atoms with Gasteiger partial charge < -0.3 is 5.32 Å². The van der Waals surface area contributed by atoms with E-state index in [0.717, 1.165) is 16.8 Å². The Labute approximate surface area is 207 Å². The number of aromatic nitrogens is 3. The molecule has 0 aliphatic carbocycles. The van der Waals surface area contributed by atoms with Gasteiger partial charge in [0.1, 0.15) is 5.82 Å². The van der Waals surface area contributed by atoms with Crippen LogP contribution in [0.15, 0.2) is 78.0 Å². The smallest absolute Gasteiger partial charge is 0.216 e. The third-order valence-electron chi connectivity index (χ3n) is 5.43. The molecular formula is C27H25FN4O2S. The van der Waals surface area contributed by atoms with E-state index >= 15 is 0 Å². The highest BCUT2D eigenvalue weighted by Gasteiger charge is 2.18. The molecule has 4 rings (SSSR count). The largest absolute Gasteiger partial charge is 0.356 e. The predicted octanol–water partition coefficient (Wildman–Crippen LogP) is 5.04. The first-order chi connectivity index (χ1) is 16.9. The molecule has 1 amide bonds. The van der Waals surface area contributed by atoms with Crippen LogP contribution in [0.25, 0.3) is 17.1 Å². The van der Waals surface area contributed by atoms with E-state index in [0.29, 0.717) is 35.1 Å². The van der Waals surface area contributed by atoms with Crippen molar-refractivity contribution in [3.8, 4) is 17.1 Å². The Hall–Kier alpha value is -3.78. The average molecular weight is 489 g/mol. The van der Waals surface area contributed by atoms with Gasteiger partial charge in [-0.25, -0.2) is 4.39 Å². The third kappa shape index (κ3) is 6.02. The standard InChI is InChI=1S/C27H25FN4O2S/c1-18-8-12-23(13-9-18)32-26(21-6-4-3-5-7-21)30-31-27(32)35-17-25(34)22-11-10-20(24(28)16-22)14-15-29-19(2)33/h3-13,16H,14-15,17H2,1-2H3,(H,29,33). The molecular weight excluding hydrogens is 463 g/mol. The van der Waals surface area contributed by atoms with E-state index < -0.39 is 5.82 Å². The zero-order valence-corrected chi connectivity index (χ0v) is 20.3. The highest BCUT2D eigenvalue weighted by Crippen LogP contribution is 2.28. The molecule has 178 valence electrons. The van der Waals surface area contributed by atoms with E-state index in [-0.39, 0.29) is 17.4 Å². The molecule has 8 heteroatoms. The average Bonchev–Trinajstić information content (AvgIpc) is 3.28.